The van der Waals surface area contributed by atoms with Gasteiger partial charge in [-0.15, -0.1) is 0 Å². The number of methoxy groups -OCH3 is 1. The number of carbonyl (C=O) groups excluding carboxylic acids is 1. The third-order valence-electron chi connectivity index (χ3n) is 5.79. The molecule has 2 saturated heterocycles. The first-order valence-corrected chi connectivity index (χ1v) is 10.5. The monoisotopic (exact) mass is 414 g/mol. The van der Waals surface area contributed by atoms with Crippen molar-refractivity contribution in [1.29, 1.82) is 0 Å². The van der Waals surface area contributed by atoms with Crippen molar-refractivity contribution in [1.82, 2.24) is 19.4 Å². The van der Waals surface area contributed by atoms with E-state index in [1.807, 2.05) is 31.4 Å². The van der Waals surface area contributed by atoms with E-state index in [2.05, 4.69) is 14.5 Å². The predicted molar refractivity (Wildman–Crippen MR) is 113 cm³/mol. The van der Waals surface area contributed by atoms with Gasteiger partial charge in [-0.2, -0.15) is 0 Å². The molecule has 0 saturated carbocycles. The van der Waals surface area contributed by atoms with Gasteiger partial charge in [0.2, 0.25) is 5.91 Å². The van der Waals surface area contributed by atoms with Gasteiger partial charge in [0, 0.05) is 64.5 Å². The number of hydrogen-bond acceptors (Lipinski definition) is 6. The minimum atomic E-state index is 0.204. The summed E-state index contributed by atoms with van der Waals surface area (Å²) in [7, 11) is 3.51. The van der Waals surface area contributed by atoms with Crippen molar-refractivity contribution in [3.63, 3.8) is 0 Å². The smallest absolute Gasteiger partial charge is 0.222 e. The van der Waals surface area contributed by atoms with Crippen LogP contribution in [0.5, 0.6) is 11.5 Å². The molecule has 8 heteroatoms. The van der Waals surface area contributed by atoms with Crippen LogP contribution in [-0.2, 0) is 16.1 Å². The number of imidazole rings is 1. The van der Waals surface area contributed by atoms with Gasteiger partial charge in [-0.05, 0) is 12.1 Å². The van der Waals surface area contributed by atoms with Crippen LogP contribution in [0, 0.1) is 5.92 Å². The lowest BCUT2D eigenvalue weighted by molar-refractivity contribution is -0.126. The van der Waals surface area contributed by atoms with Gasteiger partial charge in [0.25, 0.3) is 0 Å². The Morgan fingerprint density at radius 2 is 2.10 bits per heavy atom. The maximum Gasteiger partial charge on any atom is 0.222 e. The predicted octanol–water partition coefficient (Wildman–Crippen LogP) is 1.75. The van der Waals surface area contributed by atoms with E-state index in [-0.39, 0.29) is 11.8 Å². The molecule has 2 aliphatic heterocycles. The van der Waals surface area contributed by atoms with Gasteiger partial charge >= 0.3 is 0 Å². The number of carbonyl (C=O) groups is 1. The number of hydrogen-bond donors (Lipinski definition) is 0. The molecule has 1 amide bonds. The molecule has 0 N–H and O–H groups in total. The third kappa shape index (κ3) is 4.60. The number of aromatic nitrogens is 2. The summed E-state index contributed by atoms with van der Waals surface area (Å²) in [5, 5.41) is 0. The average molecular weight is 415 g/mol. The number of benzene rings is 1. The zero-order chi connectivity index (χ0) is 20.9. The molecule has 4 rings (SSSR count). The lowest BCUT2D eigenvalue weighted by Crippen LogP contribution is -2.38. The van der Waals surface area contributed by atoms with Crippen molar-refractivity contribution in [2.75, 3.05) is 60.2 Å². The Labute approximate surface area is 177 Å². The molecule has 1 aromatic heterocycles. The summed E-state index contributed by atoms with van der Waals surface area (Å²) in [6.07, 6.45) is 4.34. The summed E-state index contributed by atoms with van der Waals surface area (Å²) >= 11 is 0. The van der Waals surface area contributed by atoms with E-state index in [0.29, 0.717) is 24.5 Å². The molecule has 0 spiro atoms. The first-order chi connectivity index (χ1) is 14.7. The van der Waals surface area contributed by atoms with Crippen LogP contribution >= 0.6 is 0 Å². The van der Waals surface area contributed by atoms with Gasteiger partial charge in [0.15, 0.2) is 11.5 Å². The fourth-order valence-corrected chi connectivity index (χ4v) is 4.16. The maximum absolute atomic E-state index is 11.9. The van der Waals surface area contributed by atoms with Crippen LogP contribution in [0.1, 0.15) is 6.42 Å². The molecule has 1 aromatic carbocycles. The van der Waals surface area contributed by atoms with E-state index >= 15 is 0 Å². The molecule has 2 aromatic rings. The van der Waals surface area contributed by atoms with Gasteiger partial charge < -0.3 is 23.7 Å². The average Bonchev–Trinajstić information content (AvgIpc) is 3.34. The number of para-hydroxylation sites is 1. The van der Waals surface area contributed by atoms with Crippen molar-refractivity contribution in [3.8, 4) is 22.9 Å². The molecule has 1 atom stereocenters. The molecule has 30 heavy (non-hydrogen) atoms. The van der Waals surface area contributed by atoms with E-state index in [0.717, 1.165) is 57.3 Å². The van der Waals surface area contributed by atoms with Crippen molar-refractivity contribution in [2.45, 2.75) is 13.0 Å². The normalized spacial score (nSPS) is 20.0. The molecular weight excluding hydrogens is 384 g/mol. The Hall–Kier alpha value is -2.58. The van der Waals surface area contributed by atoms with Crippen LogP contribution < -0.4 is 9.47 Å². The second-order valence-corrected chi connectivity index (χ2v) is 7.89. The Morgan fingerprint density at radius 3 is 2.83 bits per heavy atom. The van der Waals surface area contributed by atoms with Crippen molar-refractivity contribution < 1.29 is 19.0 Å². The Morgan fingerprint density at radius 1 is 1.27 bits per heavy atom. The molecule has 3 heterocycles. The quantitative estimate of drug-likeness (QED) is 0.656. The maximum atomic E-state index is 11.9. The molecular formula is C22H30N4O4. The number of likely N-dealkylation sites (tertiary alicyclic amines) is 1. The minimum Gasteiger partial charge on any atom is -0.493 e. The minimum absolute atomic E-state index is 0.204. The number of rotatable bonds is 8. The number of amides is 1. The van der Waals surface area contributed by atoms with Crippen LogP contribution in [-0.4, -0.2) is 85.4 Å². The second kappa shape index (κ2) is 9.49. The second-order valence-electron chi connectivity index (χ2n) is 7.89. The van der Waals surface area contributed by atoms with E-state index in [1.54, 1.807) is 18.2 Å². The Bertz CT molecular complexity index is 863. The van der Waals surface area contributed by atoms with Crippen LogP contribution in [0.2, 0.25) is 0 Å². The molecule has 8 nitrogen and oxygen atoms in total. The fraction of sp³-hybridized carbons (Fsp3) is 0.545. The highest BCUT2D eigenvalue weighted by molar-refractivity contribution is 5.78. The highest BCUT2D eigenvalue weighted by Gasteiger charge is 2.28. The molecule has 162 valence electrons. The summed E-state index contributed by atoms with van der Waals surface area (Å²) < 4.78 is 19.3. The van der Waals surface area contributed by atoms with Gasteiger partial charge in [-0.3, -0.25) is 9.69 Å². The van der Waals surface area contributed by atoms with Crippen LogP contribution in [0.25, 0.3) is 11.4 Å². The molecule has 0 bridgehead atoms. The largest absolute Gasteiger partial charge is 0.493 e. The Kier molecular flexibility index (Phi) is 6.54. The summed E-state index contributed by atoms with van der Waals surface area (Å²) in [6.45, 7) is 6.34. The summed E-state index contributed by atoms with van der Waals surface area (Å²) in [5.41, 5.74) is 0.902. The van der Waals surface area contributed by atoms with E-state index in [9.17, 15) is 4.79 Å². The highest BCUT2D eigenvalue weighted by atomic mass is 16.5. The van der Waals surface area contributed by atoms with Crippen LogP contribution in [0.3, 0.4) is 0 Å². The molecule has 0 aliphatic carbocycles. The first kappa shape index (κ1) is 20.7. The van der Waals surface area contributed by atoms with E-state index < -0.39 is 0 Å². The van der Waals surface area contributed by atoms with Crippen molar-refractivity contribution >= 4 is 5.91 Å². The van der Waals surface area contributed by atoms with Gasteiger partial charge in [-0.1, -0.05) is 6.07 Å². The topological polar surface area (TPSA) is 69.1 Å². The van der Waals surface area contributed by atoms with Crippen LogP contribution in [0.4, 0.5) is 0 Å². The van der Waals surface area contributed by atoms with E-state index in [1.165, 1.54) is 0 Å². The summed E-state index contributed by atoms with van der Waals surface area (Å²) in [4.78, 5) is 20.6. The van der Waals surface area contributed by atoms with Gasteiger partial charge in [0.1, 0.15) is 12.4 Å². The van der Waals surface area contributed by atoms with Gasteiger partial charge in [0.05, 0.1) is 25.9 Å². The lowest BCUT2D eigenvalue weighted by Gasteiger charge is -2.26. The molecule has 2 aliphatic rings. The number of ether oxygens (including phenoxy) is 3. The molecule has 1 unspecified atom stereocenters. The fourth-order valence-electron chi connectivity index (χ4n) is 4.16. The molecule has 2 fully saturated rings. The molecule has 0 radical (unpaired) electrons. The summed E-state index contributed by atoms with van der Waals surface area (Å²) in [6, 6.07) is 5.87. The Balaban J connectivity index is 1.51. The number of morpholine rings is 1. The first-order valence-electron chi connectivity index (χ1n) is 10.5. The van der Waals surface area contributed by atoms with Crippen LogP contribution in [0.15, 0.2) is 30.6 Å². The highest BCUT2D eigenvalue weighted by Crippen LogP contribution is 2.37. The number of nitrogens with zero attached hydrogens (tertiary/aromatic N) is 4. The SMILES string of the molecule is COc1cccc(-c2nccn2CC2CC(=O)N(C)C2)c1OCCN1CCOCC1. The van der Waals surface area contributed by atoms with Gasteiger partial charge in [-0.25, -0.2) is 4.98 Å². The summed E-state index contributed by atoms with van der Waals surface area (Å²) in [5.74, 6) is 2.72. The van der Waals surface area contributed by atoms with Crippen molar-refractivity contribution in [2.24, 2.45) is 5.92 Å². The third-order valence-corrected chi connectivity index (χ3v) is 5.79. The zero-order valence-corrected chi connectivity index (χ0v) is 17.7. The standard InChI is InChI=1S/C22H30N4O4/c1-24-15-17(14-20(24)27)16-26-7-6-23-22(26)18-4-3-5-19(28-2)21(18)30-13-10-25-8-11-29-12-9-25/h3-7,17H,8-16H2,1-2H3. The lowest BCUT2D eigenvalue weighted by atomic mass is 10.1. The van der Waals surface area contributed by atoms with Crippen molar-refractivity contribution in [3.05, 3.63) is 30.6 Å². The van der Waals surface area contributed by atoms with E-state index in [4.69, 9.17) is 14.2 Å². The zero-order valence-electron chi connectivity index (χ0n) is 17.7.